The predicted octanol–water partition coefficient (Wildman–Crippen LogP) is 4.24. The van der Waals surface area contributed by atoms with Gasteiger partial charge in [0.05, 0.1) is 12.5 Å². The summed E-state index contributed by atoms with van der Waals surface area (Å²) in [4.78, 5) is 11.9. The molecular weight excluding hydrogens is 252 g/mol. The summed E-state index contributed by atoms with van der Waals surface area (Å²) in [6.07, 6.45) is 5.96. The van der Waals surface area contributed by atoms with Crippen LogP contribution in [0, 0.1) is 27.7 Å². The van der Waals surface area contributed by atoms with Crippen LogP contribution in [0.5, 0.6) is 0 Å². The van der Waals surface area contributed by atoms with Gasteiger partial charge in [-0.05, 0) is 49.9 Å². The first-order valence-electron chi connectivity index (χ1n) is 7.08. The SMILES string of the molecule is Cc1coc(CCC(=O)CCc2occ(C)c2C)c1C. The van der Waals surface area contributed by atoms with Gasteiger partial charge in [-0.15, -0.1) is 0 Å². The van der Waals surface area contributed by atoms with Crippen molar-refractivity contribution in [3.63, 3.8) is 0 Å². The molecule has 0 saturated heterocycles. The van der Waals surface area contributed by atoms with Crippen LogP contribution < -0.4 is 0 Å². The van der Waals surface area contributed by atoms with Gasteiger partial charge >= 0.3 is 0 Å². The Labute approximate surface area is 120 Å². The molecule has 0 aliphatic rings. The van der Waals surface area contributed by atoms with E-state index in [1.807, 2.05) is 27.7 Å². The third-order valence-corrected chi connectivity index (χ3v) is 4.04. The van der Waals surface area contributed by atoms with Crippen LogP contribution in [0.4, 0.5) is 0 Å². The minimum atomic E-state index is 0.256. The average Bonchev–Trinajstić information content (AvgIpc) is 2.91. The molecule has 0 aliphatic heterocycles. The normalized spacial score (nSPS) is 11.0. The zero-order valence-corrected chi connectivity index (χ0v) is 12.7. The highest BCUT2D eigenvalue weighted by molar-refractivity contribution is 5.78. The molecule has 0 radical (unpaired) electrons. The Hall–Kier alpha value is -1.77. The van der Waals surface area contributed by atoms with Gasteiger partial charge in [0.1, 0.15) is 17.3 Å². The van der Waals surface area contributed by atoms with Crippen LogP contribution in [0.1, 0.15) is 46.6 Å². The molecule has 108 valence electrons. The Morgan fingerprint density at radius 3 is 1.55 bits per heavy atom. The molecule has 2 aromatic rings. The summed E-state index contributed by atoms with van der Waals surface area (Å²) in [5, 5.41) is 0. The van der Waals surface area contributed by atoms with E-state index < -0.39 is 0 Å². The number of aryl methyl sites for hydroxylation is 4. The molecule has 0 N–H and O–H groups in total. The summed E-state index contributed by atoms with van der Waals surface area (Å²) in [6, 6.07) is 0. The molecule has 3 nitrogen and oxygen atoms in total. The monoisotopic (exact) mass is 274 g/mol. The molecule has 0 aliphatic carbocycles. The highest BCUT2D eigenvalue weighted by Crippen LogP contribution is 2.19. The maximum atomic E-state index is 11.9. The zero-order chi connectivity index (χ0) is 14.7. The molecule has 0 atom stereocenters. The largest absolute Gasteiger partial charge is 0.469 e. The summed E-state index contributed by atoms with van der Waals surface area (Å²) in [5.41, 5.74) is 4.62. The van der Waals surface area contributed by atoms with E-state index in [1.54, 1.807) is 12.5 Å². The summed E-state index contributed by atoms with van der Waals surface area (Å²) in [5.74, 6) is 2.12. The van der Waals surface area contributed by atoms with Crippen molar-refractivity contribution in [1.29, 1.82) is 0 Å². The lowest BCUT2D eigenvalue weighted by atomic mass is 10.0. The first kappa shape index (κ1) is 14.6. The van der Waals surface area contributed by atoms with Gasteiger partial charge in [0.15, 0.2) is 0 Å². The van der Waals surface area contributed by atoms with Crippen molar-refractivity contribution < 1.29 is 13.6 Å². The van der Waals surface area contributed by atoms with Crippen LogP contribution in [0.15, 0.2) is 21.4 Å². The van der Waals surface area contributed by atoms with Gasteiger partial charge < -0.3 is 8.83 Å². The Morgan fingerprint density at radius 2 is 1.25 bits per heavy atom. The number of rotatable bonds is 6. The summed E-state index contributed by atoms with van der Waals surface area (Å²) in [7, 11) is 0. The molecule has 0 saturated carbocycles. The maximum absolute atomic E-state index is 11.9. The van der Waals surface area contributed by atoms with Crippen molar-refractivity contribution in [3.05, 3.63) is 46.3 Å². The van der Waals surface area contributed by atoms with Crippen molar-refractivity contribution in [2.75, 3.05) is 0 Å². The van der Waals surface area contributed by atoms with Crippen LogP contribution in [0.2, 0.25) is 0 Å². The number of furan rings is 2. The maximum Gasteiger partial charge on any atom is 0.133 e. The molecule has 0 spiro atoms. The predicted molar refractivity (Wildman–Crippen MR) is 78.0 cm³/mol. The van der Waals surface area contributed by atoms with Gasteiger partial charge in [0.2, 0.25) is 0 Å². The van der Waals surface area contributed by atoms with Crippen molar-refractivity contribution in [1.82, 2.24) is 0 Å². The first-order valence-corrected chi connectivity index (χ1v) is 7.08. The van der Waals surface area contributed by atoms with Crippen molar-refractivity contribution >= 4 is 5.78 Å². The minimum absolute atomic E-state index is 0.256. The van der Waals surface area contributed by atoms with Crippen LogP contribution in [-0.2, 0) is 17.6 Å². The fourth-order valence-electron chi connectivity index (χ4n) is 2.24. The van der Waals surface area contributed by atoms with Crippen LogP contribution in [0.25, 0.3) is 0 Å². The van der Waals surface area contributed by atoms with Crippen molar-refractivity contribution in [2.45, 2.75) is 53.4 Å². The van der Waals surface area contributed by atoms with E-state index in [4.69, 9.17) is 8.83 Å². The van der Waals surface area contributed by atoms with E-state index in [9.17, 15) is 4.79 Å². The quantitative estimate of drug-likeness (QED) is 0.791. The third kappa shape index (κ3) is 3.21. The summed E-state index contributed by atoms with van der Waals surface area (Å²) in [6.45, 7) is 8.11. The number of hydrogen-bond acceptors (Lipinski definition) is 3. The van der Waals surface area contributed by atoms with Crippen molar-refractivity contribution in [2.24, 2.45) is 0 Å². The topological polar surface area (TPSA) is 43.4 Å². The molecule has 0 bridgehead atoms. The molecule has 0 amide bonds. The second-order valence-electron chi connectivity index (χ2n) is 5.47. The number of carbonyl (C=O) groups is 1. The van der Waals surface area contributed by atoms with Gasteiger partial charge in [-0.1, -0.05) is 0 Å². The van der Waals surface area contributed by atoms with E-state index in [-0.39, 0.29) is 5.78 Å². The summed E-state index contributed by atoms with van der Waals surface area (Å²) >= 11 is 0. The van der Waals surface area contributed by atoms with Crippen LogP contribution in [-0.4, -0.2) is 5.78 Å². The van der Waals surface area contributed by atoms with Crippen molar-refractivity contribution in [3.8, 4) is 0 Å². The Kier molecular flexibility index (Phi) is 4.48. The Morgan fingerprint density at radius 1 is 0.850 bits per heavy atom. The van der Waals surface area contributed by atoms with E-state index in [2.05, 4.69) is 0 Å². The lowest BCUT2D eigenvalue weighted by Crippen LogP contribution is -2.02. The molecule has 0 aromatic carbocycles. The average molecular weight is 274 g/mol. The molecule has 2 rings (SSSR count). The molecule has 0 unspecified atom stereocenters. The lowest BCUT2D eigenvalue weighted by Gasteiger charge is -2.01. The number of hydrogen-bond donors (Lipinski definition) is 0. The highest BCUT2D eigenvalue weighted by Gasteiger charge is 2.11. The molecule has 0 fully saturated rings. The van der Waals surface area contributed by atoms with E-state index in [1.165, 1.54) is 0 Å². The van der Waals surface area contributed by atoms with E-state index in [0.29, 0.717) is 25.7 Å². The van der Waals surface area contributed by atoms with Gasteiger partial charge in [-0.25, -0.2) is 0 Å². The van der Waals surface area contributed by atoms with E-state index in [0.717, 1.165) is 33.8 Å². The number of Topliss-reactive ketones (excluding diaryl/α,β-unsaturated/α-hetero) is 1. The number of ketones is 1. The molecule has 2 heterocycles. The molecule has 2 aromatic heterocycles. The Bertz CT molecular complexity index is 550. The zero-order valence-electron chi connectivity index (χ0n) is 12.7. The van der Waals surface area contributed by atoms with Crippen LogP contribution >= 0.6 is 0 Å². The highest BCUT2D eigenvalue weighted by atomic mass is 16.3. The second kappa shape index (κ2) is 6.12. The Balaban J connectivity index is 1.81. The van der Waals surface area contributed by atoms with Gasteiger partial charge in [0, 0.05) is 25.7 Å². The number of carbonyl (C=O) groups excluding carboxylic acids is 1. The standard InChI is InChI=1S/C17H22O3/c1-11-9-19-16(13(11)3)7-5-15(18)6-8-17-14(4)12(2)10-20-17/h9-10H,5-8H2,1-4H3. The molecule has 3 heteroatoms. The summed E-state index contributed by atoms with van der Waals surface area (Å²) < 4.78 is 10.9. The lowest BCUT2D eigenvalue weighted by molar-refractivity contribution is -0.119. The van der Waals surface area contributed by atoms with Crippen LogP contribution in [0.3, 0.4) is 0 Å². The fourth-order valence-corrected chi connectivity index (χ4v) is 2.24. The second-order valence-corrected chi connectivity index (χ2v) is 5.47. The minimum Gasteiger partial charge on any atom is -0.469 e. The van der Waals surface area contributed by atoms with Gasteiger partial charge in [-0.2, -0.15) is 0 Å². The molecular formula is C17H22O3. The smallest absolute Gasteiger partial charge is 0.133 e. The van der Waals surface area contributed by atoms with Gasteiger partial charge in [0.25, 0.3) is 0 Å². The van der Waals surface area contributed by atoms with E-state index >= 15 is 0 Å². The fraction of sp³-hybridized carbons (Fsp3) is 0.471. The third-order valence-electron chi connectivity index (χ3n) is 4.04. The molecule has 20 heavy (non-hydrogen) atoms. The van der Waals surface area contributed by atoms with Gasteiger partial charge in [-0.3, -0.25) is 4.79 Å². The first-order chi connectivity index (χ1) is 9.49.